The van der Waals surface area contributed by atoms with Gasteiger partial charge in [0.1, 0.15) is 6.04 Å². The number of hydrogen-bond donors (Lipinski definition) is 2. The Hall–Kier alpha value is -0.220. The van der Waals surface area contributed by atoms with Crippen molar-refractivity contribution >= 4 is 17.7 Å². The molecule has 3 nitrogen and oxygen atoms in total. The first-order chi connectivity index (χ1) is 6.93. The van der Waals surface area contributed by atoms with Crippen molar-refractivity contribution in [2.45, 2.75) is 50.7 Å². The van der Waals surface area contributed by atoms with E-state index in [4.69, 9.17) is 5.11 Å². The Kier molecular flexibility index (Phi) is 7.02. The summed E-state index contributed by atoms with van der Waals surface area (Å²) in [5, 5.41) is 12.6. The summed E-state index contributed by atoms with van der Waals surface area (Å²) in [4.78, 5) is 11.1. The Bertz CT molecular complexity index is 197. The Balaban J connectivity index is 4.55. The first-order valence-electron chi connectivity index (χ1n) is 5.49. The minimum atomic E-state index is -0.757. The standard InChI is InChI=1S/C11H23NO2S/c1-6-8(4)15-10(7(2)3)9(12-5)11(13)14/h7-10,12H,6H2,1-5H3,(H,13,14). The van der Waals surface area contributed by atoms with Gasteiger partial charge in [-0.15, -0.1) is 0 Å². The van der Waals surface area contributed by atoms with Crippen LogP contribution in [0.1, 0.15) is 34.1 Å². The second kappa shape index (κ2) is 7.12. The van der Waals surface area contributed by atoms with E-state index in [1.54, 1.807) is 18.8 Å². The summed E-state index contributed by atoms with van der Waals surface area (Å²) in [6, 6.07) is -0.455. The van der Waals surface area contributed by atoms with E-state index in [1.807, 2.05) is 0 Å². The quantitative estimate of drug-likeness (QED) is 0.708. The van der Waals surface area contributed by atoms with Crippen LogP contribution in [-0.2, 0) is 4.79 Å². The molecule has 0 fully saturated rings. The van der Waals surface area contributed by atoms with E-state index >= 15 is 0 Å². The zero-order valence-corrected chi connectivity index (χ0v) is 11.1. The Morgan fingerprint density at radius 3 is 2.20 bits per heavy atom. The molecule has 0 rings (SSSR count). The summed E-state index contributed by atoms with van der Waals surface area (Å²) < 4.78 is 0. The van der Waals surface area contributed by atoms with Gasteiger partial charge in [-0.3, -0.25) is 4.79 Å². The summed E-state index contributed by atoms with van der Waals surface area (Å²) >= 11 is 1.77. The van der Waals surface area contributed by atoms with Crippen LogP contribution in [0.25, 0.3) is 0 Å². The van der Waals surface area contributed by atoms with Gasteiger partial charge >= 0.3 is 5.97 Å². The summed E-state index contributed by atoms with van der Waals surface area (Å²) in [5.41, 5.74) is 0. The van der Waals surface area contributed by atoms with Crippen molar-refractivity contribution in [3.05, 3.63) is 0 Å². The highest BCUT2D eigenvalue weighted by atomic mass is 32.2. The molecule has 2 N–H and O–H groups in total. The molecule has 3 atom stereocenters. The maximum Gasteiger partial charge on any atom is 0.321 e. The Labute approximate surface area is 97.0 Å². The minimum absolute atomic E-state index is 0.127. The van der Waals surface area contributed by atoms with Gasteiger partial charge in [0.15, 0.2) is 0 Å². The molecular formula is C11H23NO2S. The Morgan fingerprint density at radius 1 is 1.40 bits per heavy atom. The van der Waals surface area contributed by atoms with Gasteiger partial charge in [-0.25, -0.2) is 0 Å². The van der Waals surface area contributed by atoms with Gasteiger partial charge in [0, 0.05) is 10.5 Å². The van der Waals surface area contributed by atoms with Gasteiger partial charge < -0.3 is 10.4 Å². The molecule has 3 unspecified atom stereocenters. The van der Waals surface area contributed by atoms with Crippen LogP contribution < -0.4 is 5.32 Å². The highest BCUT2D eigenvalue weighted by Crippen LogP contribution is 2.28. The zero-order valence-electron chi connectivity index (χ0n) is 10.3. The Morgan fingerprint density at radius 2 is 1.93 bits per heavy atom. The largest absolute Gasteiger partial charge is 0.480 e. The zero-order chi connectivity index (χ0) is 12.0. The van der Waals surface area contributed by atoms with Gasteiger partial charge in [-0.05, 0) is 19.4 Å². The molecule has 0 aliphatic carbocycles. The molecule has 0 heterocycles. The second-order valence-electron chi connectivity index (χ2n) is 4.17. The van der Waals surface area contributed by atoms with E-state index < -0.39 is 12.0 Å². The van der Waals surface area contributed by atoms with Gasteiger partial charge in [0.25, 0.3) is 0 Å². The third-order valence-electron chi connectivity index (χ3n) is 2.53. The molecular weight excluding hydrogens is 210 g/mol. The maximum atomic E-state index is 11.1. The molecule has 0 aromatic carbocycles. The molecule has 4 heteroatoms. The van der Waals surface area contributed by atoms with Crippen LogP contribution >= 0.6 is 11.8 Å². The lowest BCUT2D eigenvalue weighted by Gasteiger charge is -2.28. The summed E-state index contributed by atoms with van der Waals surface area (Å²) in [7, 11) is 1.71. The third kappa shape index (κ3) is 4.89. The molecule has 0 saturated heterocycles. The van der Waals surface area contributed by atoms with E-state index in [9.17, 15) is 4.79 Å². The van der Waals surface area contributed by atoms with Crippen molar-refractivity contribution in [2.75, 3.05) is 7.05 Å². The molecule has 0 amide bonds. The number of nitrogens with one attached hydrogen (secondary N) is 1. The van der Waals surface area contributed by atoms with Crippen LogP contribution in [-0.4, -0.2) is 34.7 Å². The topological polar surface area (TPSA) is 49.3 Å². The molecule has 0 aliphatic rings. The fourth-order valence-corrected chi connectivity index (χ4v) is 2.87. The smallest absolute Gasteiger partial charge is 0.321 e. The van der Waals surface area contributed by atoms with E-state index in [0.29, 0.717) is 11.2 Å². The summed E-state index contributed by atoms with van der Waals surface area (Å²) in [6.07, 6.45) is 1.07. The highest BCUT2D eigenvalue weighted by Gasteiger charge is 2.30. The molecule has 0 spiro atoms. The number of likely N-dealkylation sites (N-methyl/N-ethyl adjacent to an activating group) is 1. The minimum Gasteiger partial charge on any atom is -0.480 e. The van der Waals surface area contributed by atoms with E-state index in [0.717, 1.165) is 6.42 Å². The lowest BCUT2D eigenvalue weighted by Crippen LogP contribution is -2.45. The van der Waals surface area contributed by atoms with Crippen molar-refractivity contribution in [1.29, 1.82) is 0 Å². The van der Waals surface area contributed by atoms with Crippen molar-refractivity contribution in [2.24, 2.45) is 5.92 Å². The number of thioether (sulfide) groups is 1. The predicted molar refractivity (Wildman–Crippen MR) is 66.5 cm³/mol. The number of hydrogen-bond acceptors (Lipinski definition) is 3. The number of carboxylic acids is 1. The van der Waals surface area contributed by atoms with Gasteiger partial charge in [-0.1, -0.05) is 27.7 Å². The molecule has 90 valence electrons. The van der Waals surface area contributed by atoms with Crippen LogP contribution in [0.15, 0.2) is 0 Å². The molecule has 15 heavy (non-hydrogen) atoms. The van der Waals surface area contributed by atoms with E-state index in [-0.39, 0.29) is 5.25 Å². The average molecular weight is 233 g/mol. The highest BCUT2D eigenvalue weighted by molar-refractivity contribution is 8.00. The van der Waals surface area contributed by atoms with Crippen molar-refractivity contribution in [3.63, 3.8) is 0 Å². The van der Waals surface area contributed by atoms with Crippen LogP contribution in [0.2, 0.25) is 0 Å². The second-order valence-corrected chi connectivity index (χ2v) is 5.79. The molecule has 0 saturated carbocycles. The molecule has 0 aliphatic heterocycles. The number of carboxylic acid groups (broad SMARTS) is 1. The average Bonchev–Trinajstić information content (AvgIpc) is 2.16. The van der Waals surface area contributed by atoms with Crippen LogP contribution in [0, 0.1) is 5.92 Å². The fraction of sp³-hybridized carbons (Fsp3) is 0.909. The summed E-state index contributed by atoms with van der Waals surface area (Å²) in [6.45, 7) is 8.43. The fourth-order valence-electron chi connectivity index (χ4n) is 1.41. The molecule has 0 aromatic heterocycles. The van der Waals surface area contributed by atoms with Crippen molar-refractivity contribution in [3.8, 4) is 0 Å². The normalized spacial score (nSPS) is 17.5. The van der Waals surface area contributed by atoms with Crippen LogP contribution in [0.4, 0.5) is 0 Å². The third-order valence-corrected chi connectivity index (χ3v) is 4.46. The number of aliphatic carboxylic acids is 1. The lowest BCUT2D eigenvalue weighted by molar-refractivity contribution is -0.139. The van der Waals surface area contributed by atoms with Crippen molar-refractivity contribution in [1.82, 2.24) is 5.32 Å². The van der Waals surface area contributed by atoms with E-state index in [1.165, 1.54) is 0 Å². The molecule has 0 bridgehead atoms. The molecule has 0 radical (unpaired) electrons. The predicted octanol–water partition coefficient (Wildman–Crippen LogP) is 2.22. The first kappa shape index (κ1) is 14.8. The van der Waals surface area contributed by atoms with Crippen LogP contribution in [0.3, 0.4) is 0 Å². The SMILES string of the molecule is CCC(C)SC(C(C)C)C(NC)C(=O)O. The van der Waals surface area contributed by atoms with Crippen molar-refractivity contribution < 1.29 is 9.90 Å². The monoisotopic (exact) mass is 233 g/mol. The molecule has 0 aromatic rings. The van der Waals surface area contributed by atoms with E-state index in [2.05, 4.69) is 33.0 Å². The van der Waals surface area contributed by atoms with Crippen LogP contribution in [0.5, 0.6) is 0 Å². The number of rotatable bonds is 7. The lowest BCUT2D eigenvalue weighted by atomic mass is 10.0. The first-order valence-corrected chi connectivity index (χ1v) is 6.43. The maximum absolute atomic E-state index is 11.1. The summed E-state index contributed by atoms with van der Waals surface area (Å²) in [5.74, 6) is -0.399. The van der Waals surface area contributed by atoms with Gasteiger partial charge in [-0.2, -0.15) is 11.8 Å². The van der Waals surface area contributed by atoms with Gasteiger partial charge in [0.05, 0.1) is 0 Å². The number of carbonyl (C=O) groups is 1. The van der Waals surface area contributed by atoms with Gasteiger partial charge in [0.2, 0.25) is 0 Å².